The molecule has 0 aliphatic heterocycles. The standard InChI is InChI=1S/C15H22N2O2S/c1-2-17(11-12-7-8-12)20(18,19)16-10-14-9-13-5-3-4-6-15(13)14/h3-6,12,14,16H,2,7-11H2,1H3/t14-/m0/s1. The van der Waals surface area contributed by atoms with Crippen molar-refractivity contribution in [1.82, 2.24) is 9.03 Å². The maximum atomic E-state index is 12.3. The van der Waals surface area contributed by atoms with Gasteiger partial charge < -0.3 is 0 Å². The minimum atomic E-state index is -3.32. The third-order valence-corrected chi connectivity index (χ3v) is 5.94. The van der Waals surface area contributed by atoms with Crippen LogP contribution in [-0.2, 0) is 16.6 Å². The summed E-state index contributed by atoms with van der Waals surface area (Å²) in [5.41, 5.74) is 2.64. The number of nitrogens with one attached hydrogen (secondary N) is 1. The van der Waals surface area contributed by atoms with E-state index in [2.05, 4.69) is 16.9 Å². The van der Waals surface area contributed by atoms with E-state index >= 15 is 0 Å². The molecule has 1 N–H and O–H groups in total. The molecule has 0 heterocycles. The third-order valence-electron chi connectivity index (χ3n) is 4.32. The van der Waals surface area contributed by atoms with E-state index in [0.717, 1.165) is 6.42 Å². The topological polar surface area (TPSA) is 49.4 Å². The van der Waals surface area contributed by atoms with Gasteiger partial charge in [0.2, 0.25) is 0 Å². The predicted molar refractivity (Wildman–Crippen MR) is 79.8 cm³/mol. The summed E-state index contributed by atoms with van der Waals surface area (Å²) in [6.45, 7) is 3.64. The van der Waals surface area contributed by atoms with Crippen molar-refractivity contribution >= 4 is 10.2 Å². The summed E-state index contributed by atoms with van der Waals surface area (Å²) >= 11 is 0. The van der Waals surface area contributed by atoms with E-state index in [1.807, 2.05) is 19.1 Å². The number of benzene rings is 1. The first-order valence-corrected chi connectivity index (χ1v) is 8.86. The zero-order chi connectivity index (χ0) is 14.2. The first-order chi connectivity index (χ1) is 9.60. The summed E-state index contributed by atoms with van der Waals surface area (Å²) in [5.74, 6) is 0.913. The van der Waals surface area contributed by atoms with Crippen molar-refractivity contribution in [3.8, 4) is 0 Å². The van der Waals surface area contributed by atoms with Gasteiger partial charge in [0.1, 0.15) is 0 Å². The predicted octanol–water partition coefficient (Wildman–Crippen LogP) is 1.89. The molecule has 1 saturated carbocycles. The van der Waals surface area contributed by atoms with Gasteiger partial charge in [0.05, 0.1) is 0 Å². The molecule has 0 aromatic heterocycles. The fourth-order valence-corrected chi connectivity index (χ4v) is 4.17. The molecule has 0 spiro atoms. The molecule has 1 aromatic carbocycles. The minimum absolute atomic E-state index is 0.334. The Hall–Kier alpha value is -0.910. The largest absolute Gasteiger partial charge is 0.279 e. The van der Waals surface area contributed by atoms with Gasteiger partial charge in [0.15, 0.2) is 0 Å². The van der Waals surface area contributed by atoms with Crippen LogP contribution in [0.25, 0.3) is 0 Å². The molecule has 0 amide bonds. The van der Waals surface area contributed by atoms with Crippen molar-refractivity contribution < 1.29 is 8.42 Å². The third kappa shape index (κ3) is 2.90. The van der Waals surface area contributed by atoms with Crippen LogP contribution in [0.5, 0.6) is 0 Å². The lowest BCUT2D eigenvalue weighted by Crippen LogP contribution is -2.44. The fourth-order valence-electron chi connectivity index (χ4n) is 2.83. The van der Waals surface area contributed by atoms with Crippen LogP contribution < -0.4 is 4.72 Å². The highest BCUT2D eigenvalue weighted by atomic mass is 32.2. The molecule has 4 nitrogen and oxygen atoms in total. The Labute approximate surface area is 121 Å². The SMILES string of the molecule is CCN(CC1CC1)S(=O)(=O)NC[C@@H]1Cc2ccccc21. The number of fused-ring (bicyclic) bond motifs is 1. The van der Waals surface area contributed by atoms with E-state index in [4.69, 9.17) is 0 Å². The molecule has 1 fully saturated rings. The summed E-state index contributed by atoms with van der Waals surface area (Å²) < 4.78 is 29.0. The molecule has 1 aromatic rings. The molecular weight excluding hydrogens is 272 g/mol. The summed E-state index contributed by atoms with van der Waals surface area (Å²) in [7, 11) is -3.32. The second-order valence-corrected chi connectivity index (χ2v) is 7.60. The molecule has 2 aliphatic rings. The lowest BCUT2D eigenvalue weighted by atomic mass is 9.78. The van der Waals surface area contributed by atoms with Gasteiger partial charge in [-0.25, -0.2) is 4.72 Å². The first kappa shape index (κ1) is 14.0. The van der Waals surface area contributed by atoms with Crippen molar-refractivity contribution in [1.29, 1.82) is 0 Å². The van der Waals surface area contributed by atoms with Gasteiger partial charge in [0, 0.05) is 25.6 Å². The second kappa shape index (κ2) is 5.47. The molecule has 0 saturated heterocycles. The van der Waals surface area contributed by atoms with Gasteiger partial charge in [-0.2, -0.15) is 12.7 Å². The van der Waals surface area contributed by atoms with Crippen molar-refractivity contribution in [2.45, 2.75) is 32.1 Å². The normalized spacial score (nSPS) is 21.6. The Morgan fingerprint density at radius 2 is 2.05 bits per heavy atom. The molecule has 2 aliphatic carbocycles. The Morgan fingerprint density at radius 3 is 2.70 bits per heavy atom. The number of nitrogens with zero attached hydrogens (tertiary/aromatic N) is 1. The van der Waals surface area contributed by atoms with E-state index < -0.39 is 10.2 Å². The minimum Gasteiger partial charge on any atom is -0.201 e. The lowest BCUT2D eigenvalue weighted by Gasteiger charge is -2.31. The summed E-state index contributed by atoms with van der Waals surface area (Å²) in [6, 6.07) is 8.27. The smallest absolute Gasteiger partial charge is 0.201 e. The molecule has 0 unspecified atom stereocenters. The van der Waals surface area contributed by atoms with Gasteiger partial charge in [-0.1, -0.05) is 31.2 Å². The van der Waals surface area contributed by atoms with Crippen molar-refractivity contribution in [2.75, 3.05) is 19.6 Å². The average Bonchev–Trinajstić information content (AvgIpc) is 3.20. The molecule has 5 heteroatoms. The average molecular weight is 294 g/mol. The maximum Gasteiger partial charge on any atom is 0.279 e. The monoisotopic (exact) mass is 294 g/mol. The van der Waals surface area contributed by atoms with Crippen molar-refractivity contribution in [3.63, 3.8) is 0 Å². The van der Waals surface area contributed by atoms with E-state index in [9.17, 15) is 8.42 Å². The van der Waals surface area contributed by atoms with Crippen LogP contribution in [0, 0.1) is 5.92 Å². The van der Waals surface area contributed by atoms with Crippen LogP contribution in [-0.4, -0.2) is 32.4 Å². The quantitative estimate of drug-likeness (QED) is 0.835. The molecule has 110 valence electrons. The van der Waals surface area contributed by atoms with Gasteiger partial charge in [-0.15, -0.1) is 0 Å². The van der Waals surface area contributed by atoms with E-state index in [1.54, 1.807) is 4.31 Å². The highest BCUT2D eigenvalue weighted by Gasteiger charge is 2.31. The van der Waals surface area contributed by atoms with Crippen LogP contribution in [0.4, 0.5) is 0 Å². The van der Waals surface area contributed by atoms with Crippen LogP contribution in [0.15, 0.2) is 24.3 Å². The van der Waals surface area contributed by atoms with Crippen LogP contribution in [0.1, 0.15) is 36.8 Å². The van der Waals surface area contributed by atoms with Crippen molar-refractivity contribution in [3.05, 3.63) is 35.4 Å². The van der Waals surface area contributed by atoms with Gasteiger partial charge in [-0.05, 0) is 36.3 Å². The summed E-state index contributed by atoms with van der Waals surface area (Å²) in [5, 5.41) is 0. The molecule has 0 radical (unpaired) electrons. The molecule has 0 bridgehead atoms. The Bertz CT molecular complexity index is 581. The highest BCUT2D eigenvalue weighted by molar-refractivity contribution is 7.87. The second-order valence-electron chi connectivity index (χ2n) is 5.85. The zero-order valence-electron chi connectivity index (χ0n) is 11.9. The van der Waals surface area contributed by atoms with E-state index in [1.165, 1.54) is 24.0 Å². The number of hydrogen-bond acceptors (Lipinski definition) is 2. The van der Waals surface area contributed by atoms with Crippen LogP contribution in [0.3, 0.4) is 0 Å². The molecule has 20 heavy (non-hydrogen) atoms. The van der Waals surface area contributed by atoms with Gasteiger partial charge in [-0.3, -0.25) is 0 Å². The highest BCUT2D eigenvalue weighted by Crippen LogP contribution is 2.34. The van der Waals surface area contributed by atoms with Gasteiger partial charge >= 0.3 is 0 Å². The Morgan fingerprint density at radius 1 is 1.30 bits per heavy atom. The molecule has 3 rings (SSSR count). The van der Waals surface area contributed by atoms with Crippen molar-refractivity contribution in [2.24, 2.45) is 5.92 Å². The van der Waals surface area contributed by atoms with Gasteiger partial charge in [0.25, 0.3) is 10.2 Å². The number of hydrogen-bond donors (Lipinski definition) is 1. The zero-order valence-corrected chi connectivity index (χ0v) is 12.7. The Kier molecular flexibility index (Phi) is 3.84. The Balaban J connectivity index is 1.57. The summed E-state index contributed by atoms with van der Waals surface area (Å²) in [6.07, 6.45) is 3.32. The molecule has 1 atom stereocenters. The fraction of sp³-hybridized carbons (Fsp3) is 0.600. The van der Waals surface area contributed by atoms with Crippen LogP contribution >= 0.6 is 0 Å². The lowest BCUT2D eigenvalue weighted by molar-refractivity contribution is 0.401. The van der Waals surface area contributed by atoms with E-state index in [0.29, 0.717) is 31.5 Å². The van der Waals surface area contributed by atoms with E-state index in [-0.39, 0.29) is 0 Å². The number of rotatable bonds is 7. The maximum absolute atomic E-state index is 12.3. The summed E-state index contributed by atoms with van der Waals surface area (Å²) in [4.78, 5) is 0. The molecular formula is C15H22N2O2S. The van der Waals surface area contributed by atoms with Crippen LogP contribution in [0.2, 0.25) is 0 Å². The first-order valence-electron chi connectivity index (χ1n) is 7.42.